The normalized spacial score (nSPS) is 13.6. The predicted octanol–water partition coefficient (Wildman–Crippen LogP) is 8.39. The van der Waals surface area contributed by atoms with E-state index >= 15 is 0 Å². The quantitative estimate of drug-likeness (QED) is 0.332. The molecule has 0 N–H and O–H groups in total. The van der Waals surface area contributed by atoms with Crippen LogP contribution in [0.1, 0.15) is 41.7 Å². The lowest BCUT2D eigenvalue weighted by Gasteiger charge is -2.28. The summed E-state index contributed by atoms with van der Waals surface area (Å²) >= 11 is 0. The Kier molecular flexibility index (Phi) is 4.51. The van der Waals surface area contributed by atoms with Gasteiger partial charge in [0, 0.05) is 22.5 Å². The van der Waals surface area contributed by atoms with Crippen LogP contribution in [0.15, 0.2) is 84.9 Å². The number of nitrogens with zero attached hydrogens (tertiary/aromatic N) is 1. The van der Waals surface area contributed by atoms with E-state index in [1.54, 1.807) is 0 Å². The van der Waals surface area contributed by atoms with Gasteiger partial charge in [-0.1, -0.05) is 67.9 Å². The second-order valence-corrected chi connectivity index (χ2v) is 9.34. The summed E-state index contributed by atoms with van der Waals surface area (Å²) in [6, 6.07) is 31.4. The van der Waals surface area contributed by atoms with Gasteiger partial charge in [0.2, 0.25) is 0 Å². The topological polar surface area (TPSA) is 3.24 Å². The van der Waals surface area contributed by atoms with Gasteiger partial charge in [-0.05, 0) is 90.6 Å². The zero-order valence-electron chi connectivity index (χ0n) is 19.0. The van der Waals surface area contributed by atoms with Crippen LogP contribution in [0.2, 0.25) is 0 Å². The first-order valence-corrected chi connectivity index (χ1v) is 11.0. The average molecular weight is 404 g/mol. The van der Waals surface area contributed by atoms with Crippen LogP contribution in [0.25, 0.3) is 11.1 Å². The molecule has 0 amide bonds. The number of rotatable bonds is 3. The third kappa shape index (κ3) is 3.16. The summed E-state index contributed by atoms with van der Waals surface area (Å²) in [6.07, 6.45) is 0. The van der Waals surface area contributed by atoms with Gasteiger partial charge in [-0.2, -0.15) is 0 Å². The Hall–Kier alpha value is -3.32. The molecule has 154 valence electrons. The molecule has 0 bridgehead atoms. The molecule has 4 aromatic carbocycles. The van der Waals surface area contributed by atoms with Crippen LogP contribution in [-0.2, 0) is 5.41 Å². The van der Waals surface area contributed by atoms with Crippen molar-refractivity contribution >= 4 is 17.1 Å². The van der Waals surface area contributed by atoms with Gasteiger partial charge in [-0.3, -0.25) is 0 Å². The number of benzene rings is 4. The highest BCUT2D eigenvalue weighted by Gasteiger charge is 2.35. The first-order valence-electron chi connectivity index (χ1n) is 11.0. The Morgan fingerprint density at radius 3 is 1.90 bits per heavy atom. The number of anilines is 3. The molecule has 0 spiro atoms. The molecule has 1 aliphatic carbocycles. The summed E-state index contributed by atoms with van der Waals surface area (Å²) in [5.41, 5.74) is 13.0. The fraction of sp³-hybridized carbons (Fsp3) is 0.200. The summed E-state index contributed by atoms with van der Waals surface area (Å²) in [5.74, 6) is 0. The van der Waals surface area contributed by atoms with Gasteiger partial charge in [0.15, 0.2) is 0 Å². The third-order valence-corrected chi connectivity index (χ3v) is 6.87. The smallest absolute Gasteiger partial charge is 0.0465 e. The van der Waals surface area contributed by atoms with E-state index < -0.39 is 0 Å². The van der Waals surface area contributed by atoms with Crippen molar-refractivity contribution in [2.75, 3.05) is 4.90 Å². The first-order chi connectivity index (χ1) is 14.9. The van der Waals surface area contributed by atoms with Crippen molar-refractivity contribution in [1.82, 2.24) is 0 Å². The SMILES string of the molecule is Cc1ccc(N(c2ccc(C)c(C)c2)c2ccc3c(c2)C(C)(C)c2ccccc2-3)cc1. The minimum absolute atomic E-state index is 0.00985. The molecule has 0 unspecified atom stereocenters. The molecule has 0 aliphatic heterocycles. The second kappa shape index (κ2) is 7.13. The summed E-state index contributed by atoms with van der Waals surface area (Å²) in [7, 11) is 0. The fourth-order valence-electron chi connectivity index (χ4n) is 4.84. The monoisotopic (exact) mass is 403 g/mol. The number of fused-ring (bicyclic) bond motifs is 3. The first kappa shape index (κ1) is 19.6. The minimum atomic E-state index is -0.00985. The maximum Gasteiger partial charge on any atom is 0.0465 e. The highest BCUT2D eigenvalue weighted by atomic mass is 15.1. The maximum absolute atomic E-state index is 2.39. The van der Waals surface area contributed by atoms with Crippen LogP contribution in [0.5, 0.6) is 0 Å². The molecule has 0 radical (unpaired) electrons. The Labute approximate surface area is 186 Å². The highest BCUT2D eigenvalue weighted by molar-refractivity contribution is 5.85. The van der Waals surface area contributed by atoms with Crippen LogP contribution in [0.3, 0.4) is 0 Å². The van der Waals surface area contributed by atoms with Gasteiger partial charge in [-0.25, -0.2) is 0 Å². The van der Waals surface area contributed by atoms with Gasteiger partial charge in [0.05, 0.1) is 0 Å². The van der Waals surface area contributed by atoms with Crippen LogP contribution < -0.4 is 4.90 Å². The van der Waals surface area contributed by atoms with E-state index in [0.29, 0.717) is 0 Å². The number of hydrogen-bond donors (Lipinski definition) is 0. The molecule has 5 rings (SSSR count). The van der Waals surface area contributed by atoms with E-state index in [0.717, 1.165) is 0 Å². The molecule has 0 fully saturated rings. The summed E-state index contributed by atoms with van der Waals surface area (Å²) < 4.78 is 0. The Morgan fingerprint density at radius 1 is 0.548 bits per heavy atom. The zero-order valence-corrected chi connectivity index (χ0v) is 19.0. The van der Waals surface area contributed by atoms with Gasteiger partial charge >= 0.3 is 0 Å². The van der Waals surface area contributed by atoms with Crippen LogP contribution in [0.4, 0.5) is 17.1 Å². The molecule has 0 saturated carbocycles. The third-order valence-electron chi connectivity index (χ3n) is 6.87. The molecular formula is C30H29N. The number of hydrogen-bond acceptors (Lipinski definition) is 1. The average Bonchev–Trinajstić information content (AvgIpc) is 2.99. The van der Waals surface area contributed by atoms with Gasteiger partial charge in [0.1, 0.15) is 0 Å². The number of aryl methyl sites for hydroxylation is 3. The largest absolute Gasteiger partial charge is 0.310 e. The van der Waals surface area contributed by atoms with Crippen LogP contribution >= 0.6 is 0 Å². The molecule has 1 aliphatic rings. The van der Waals surface area contributed by atoms with Crippen molar-refractivity contribution in [3.63, 3.8) is 0 Å². The zero-order chi connectivity index (χ0) is 21.8. The van der Waals surface area contributed by atoms with E-state index in [4.69, 9.17) is 0 Å². The van der Waals surface area contributed by atoms with E-state index in [-0.39, 0.29) is 5.41 Å². The van der Waals surface area contributed by atoms with Gasteiger partial charge < -0.3 is 4.90 Å². The lowest BCUT2D eigenvalue weighted by atomic mass is 9.82. The lowest BCUT2D eigenvalue weighted by molar-refractivity contribution is 0.660. The van der Waals surface area contributed by atoms with Gasteiger partial charge in [0.25, 0.3) is 0 Å². The molecule has 0 aromatic heterocycles. The van der Waals surface area contributed by atoms with Crippen molar-refractivity contribution in [1.29, 1.82) is 0 Å². The van der Waals surface area contributed by atoms with E-state index in [1.165, 1.54) is 56.0 Å². The minimum Gasteiger partial charge on any atom is -0.310 e. The van der Waals surface area contributed by atoms with E-state index in [2.05, 4.69) is 124 Å². The highest BCUT2D eigenvalue weighted by Crippen LogP contribution is 2.50. The van der Waals surface area contributed by atoms with E-state index in [9.17, 15) is 0 Å². The Bertz CT molecular complexity index is 1280. The molecule has 0 heterocycles. The van der Waals surface area contributed by atoms with Crippen molar-refractivity contribution in [3.8, 4) is 11.1 Å². The lowest BCUT2D eigenvalue weighted by Crippen LogP contribution is -2.16. The fourth-order valence-corrected chi connectivity index (χ4v) is 4.84. The second-order valence-electron chi connectivity index (χ2n) is 9.34. The summed E-state index contributed by atoms with van der Waals surface area (Å²) in [5, 5.41) is 0. The molecule has 0 saturated heterocycles. The molecule has 31 heavy (non-hydrogen) atoms. The Balaban J connectivity index is 1.70. The van der Waals surface area contributed by atoms with Crippen LogP contribution in [0, 0.1) is 20.8 Å². The molecule has 1 nitrogen and oxygen atoms in total. The van der Waals surface area contributed by atoms with Crippen LogP contribution in [-0.4, -0.2) is 0 Å². The van der Waals surface area contributed by atoms with Gasteiger partial charge in [-0.15, -0.1) is 0 Å². The van der Waals surface area contributed by atoms with E-state index in [1.807, 2.05) is 0 Å². The maximum atomic E-state index is 2.39. The molecule has 1 heteroatoms. The van der Waals surface area contributed by atoms with Crippen molar-refractivity contribution in [2.45, 2.75) is 40.0 Å². The standard InChI is InChI=1S/C30H29N/c1-20-10-13-23(14-11-20)31(24-15-12-21(2)22(3)18-24)25-16-17-27-26-8-6-7-9-28(26)30(4,5)29(27)19-25/h6-19H,1-5H3. The van der Waals surface area contributed by atoms with Crippen molar-refractivity contribution < 1.29 is 0 Å². The molecular weight excluding hydrogens is 374 g/mol. The molecule has 0 atom stereocenters. The van der Waals surface area contributed by atoms with Crippen molar-refractivity contribution in [2.24, 2.45) is 0 Å². The Morgan fingerprint density at radius 2 is 1.16 bits per heavy atom. The summed E-state index contributed by atoms with van der Waals surface area (Å²) in [6.45, 7) is 11.2. The summed E-state index contributed by atoms with van der Waals surface area (Å²) in [4.78, 5) is 2.38. The molecule has 4 aromatic rings. The predicted molar refractivity (Wildman–Crippen MR) is 133 cm³/mol. The van der Waals surface area contributed by atoms with Crippen molar-refractivity contribution in [3.05, 3.63) is 113 Å².